The second-order valence-electron chi connectivity index (χ2n) is 7.04. The Kier molecular flexibility index (Phi) is 4.73. The second kappa shape index (κ2) is 4.43. The van der Waals surface area contributed by atoms with Gasteiger partial charge in [-0.05, 0) is 0 Å². The Morgan fingerprint density at radius 2 is 1.07 bits per heavy atom. The molecular formula is C11H28GeNP. The fraction of sp³-hybridized carbons (Fsp3) is 1.00. The van der Waals surface area contributed by atoms with Gasteiger partial charge in [0.15, 0.2) is 0 Å². The van der Waals surface area contributed by atoms with Gasteiger partial charge in [-0.25, -0.2) is 0 Å². The average molecular weight is 278 g/mol. The molecule has 0 fully saturated rings. The quantitative estimate of drug-likeness (QED) is 0.583. The van der Waals surface area contributed by atoms with E-state index in [1.807, 2.05) is 0 Å². The zero-order valence-electron chi connectivity index (χ0n) is 11.4. The number of rotatable bonds is 2. The summed E-state index contributed by atoms with van der Waals surface area (Å²) in [5, 5.41) is 0.818. The fourth-order valence-electron chi connectivity index (χ4n) is 1.68. The van der Waals surface area contributed by atoms with Crippen LogP contribution in [0.4, 0.5) is 0 Å². The van der Waals surface area contributed by atoms with Crippen molar-refractivity contribution in [2.75, 3.05) is 0 Å². The molecule has 0 spiro atoms. The van der Waals surface area contributed by atoms with Crippen molar-refractivity contribution in [2.45, 2.75) is 69.1 Å². The van der Waals surface area contributed by atoms with Crippen molar-refractivity contribution in [1.82, 2.24) is 4.04 Å². The summed E-state index contributed by atoms with van der Waals surface area (Å²) >= 11 is -1.64. The number of hydrogen-bond acceptors (Lipinski definition) is 1. The third kappa shape index (κ3) is 5.73. The van der Waals surface area contributed by atoms with Gasteiger partial charge in [-0.15, -0.1) is 0 Å². The van der Waals surface area contributed by atoms with Gasteiger partial charge in [-0.2, -0.15) is 0 Å². The van der Waals surface area contributed by atoms with Crippen molar-refractivity contribution in [1.29, 1.82) is 0 Å². The third-order valence-corrected chi connectivity index (χ3v) is 11.0. The summed E-state index contributed by atoms with van der Waals surface area (Å²) in [6, 6.07) is 0. The molecule has 3 heteroatoms. The Morgan fingerprint density at radius 1 is 0.786 bits per heavy atom. The molecule has 14 heavy (non-hydrogen) atoms. The monoisotopic (exact) mass is 279 g/mol. The minimum atomic E-state index is -1.64. The summed E-state index contributed by atoms with van der Waals surface area (Å²) < 4.78 is 3.99. The van der Waals surface area contributed by atoms with Gasteiger partial charge in [0.25, 0.3) is 0 Å². The standard InChI is InChI=1S/C11H28GeNP/c1-10(2,3)14(11(4,5)6)13-12(7,8)9/h13H,1-9H3. The van der Waals surface area contributed by atoms with E-state index in [4.69, 9.17) is 0 Å². The third-order valence-electron chi connectivity index (χ3n) is 1.79. The van der Waals surface area contributed by atoms with Gasteiger partial charge < -0.3 is 0 Å². The topological polar surface area (TPSA) is 12.0 Å². The molecule has 0 aliphatic rings. The van der Waals surface area contributed by atoms with Crippen molar-refractivity contribution in [2.24, 2.45) is 0 Å². The van der Waals surface area contributed by atoms with E-state index in [-0.39, 0.29) is 8.07 Å². The summed E-state index contributed by atoms with van der Waals surface area (Å²) in [6.45, 7) is 14.2. The molecule has 0 saturated carbocycles. The molecule has 0 unspecified atom stereocenters. The maximum atomic E-state index is 3.99. The molecule has 0 aromatic rings. The Hall–Kier alpha value is 0.933. The molecule has 0 aliphatic heterocycles. The number of hydrogen-bond donors (Lipinski definition) is 1. The van der Waals surface area contributed by atoms with Crippen LogP contribution in [0, 0.1) is 0 Å². The van der Waals surface area contributed by atoms with Crippen LogP contribution < -0.4 is 4.04 Å². The zero-order chi connectivity index (χ0) is 11.8. The van der Waals surface area contributed by atoms with Crippen LogP contribution in [0.25, 0.3) is 0 Å². The van der Waals surface area contributed by atoms with Gasteiger partial charge in [-0.1, -0.05) is 0 Å². The number of nitrogens with one attached hydrogen (secondary N) is 1. The second-order valence-corrected chi connectivity index (χ2v) is 21.5. The van der Waals surface area contributed by atoms with Gasteiger partial charge in [0.1, 0.15) is 0 Å². The van der Waals surface area contributed by atoms with E-state index in [0.29, 0.717) is 10.3 Å². The van der Waals surface area contributed by atoms with Gasteiger partial charge >= 0.3 is 94.7 Å². The Labute approximate surface area is 94.8 Å². The molecule has 0 aromatic carbocycles. The van der Waals surface area contributed by atoms with Gasteiger partial charge in [0, 0.05) is 0 Å². The van der Waals surface area contributed by atoms with E-state index in [2.05, 4.69) is 62.9 Å². The fourth-order valence-corrected chi connectivity index (χ4v) is 13.5. The van der Waals surface area contributed by atoms with Crippen LogP contribution in [0.2, 0.25) is 17.3 Å². The molecule has 0 bridgehead atoms. The van der Waals surface area contributed by atoms with Gasteiger partial charge in [0.2, 0.25) is 0 Å². The SMILES string of the molecule is CC(C)(C)P([NH][Ge]([CH3])([CH3])[CH3])C(C)(C)C. The summed E-state index contributed by atoms with van der Waals surface area (Å²) in [5.41, 5.74) is 0. The molecule has 0 aromatic heterocycles. The molecule has 1 N–H and O–H groups in total. The molecule has 0 amide bonds. The molecule has 0 saturated heterocycles. The van der Waals surface area contributed by atoms with Crippen LogP contribution in [0.5, 0.6) is 0 Å². The van der Waals surface area contributed by atoms with Crippen LogP contribution in [0.15, 0.2) is 0 Å². The predicted octanol–water partition coefficient (Wildman–Crippen LogP) is 4.40. The summed E-state index contributed by atoms with van der Waals surface area (Å²) in [6.07, 6.45) is 0. The van der Waals surface area contributed by atoms with E-state index in [1.165, 1.54) is 0 Å². The van der Waals surface area contributed by atoms with Crippen LogP contribution in [0.3, 0.4) is 0 Å². The molecule has 1 nitrogen and oxygen atoms in total. The maximum absolute atomic E-state index is 3.99. The van der Waals surface area contributed by atoms with Crippen LogP contribution in [-0.4, -0.2) is 23.8 Å². The molecule has 0 rings (SSSR count). The molecule has 86 valence electrons. The van der Waals surface area contributed by atoms with E-state index in [0.717, 1.165) is 0 Å². The molecular weight excluding hydrogens is 250 g/mol. The average Bonchev–Trinajstić information content (AvgIpc) is 1.75. The summed E-state index contributed by atoms with van der Waals surface area (Å²) in [5.74, 6) is 7.31. The first-order valence-electron chi connectivity index (χ1n) is 5.42. The van der Waals surface area contributed by atoms with Crippen molar-refractivity contribution < 1.29 is 0 Å². The van der Waals surface area contributed by atoms with Crippen molar-refractivity contribution in [3.8, 4) is 0 Å². The zero-order valence-corrected chi connectivity index (χ0v) is 14.4. The van der Waals surface area contributed by atoms with Crippen LogP contribution in [0.1, 0.15) is 41.5 Å². The molecule has 0 atom stereocenters. The Morgan fingerprint density at radius 3 is 1.14 bits per heavy atom. The van der Waals surface area contributed by atoms with E-state index in [9.17, 15) is 0 Å². The van der Waals surface area contributed by atoms with Crippen LogP contribution >= 0.6 is 8.07 Å². The van der Waals surface area contributed by atoms with Crippen LogP contribution in [-0.2, 0) is 0 Å². The normalized spacial score (nSPS) is 15.0. The van der Waals surface area contributed by atoms with Gasteiger partial charge in [0.05, 0.1) is 0 Å². The first-order chi connectivity index (χ1) is 5.84. The van der Waals surface area contributed by atoms with Crippen molar-refractivity contribution in [3.63, 3.8) is 0 Å². The Bertz CT molecular complexity index is 169. The van der Waals surface area contributed by atoms with E-state index >= 15 is 0 Å². The summed E-state index contributed by atoms with van der Waals surface area (Å²) in [7, 11) is -0.0975. The molecule has 0 aliphatic carbocycles. The minimum absolute atomic E-state index is 0.0975. The first-order valence-corrected chi connectivity index (χ1v) is 14.1. The summed E-state index contributed by atoms with van der Waals surface area (Å²) in [4.78, 5) is 0. The molecule has 0 radical (unpaired) electrons. The Balaban J connectivity index is 4.78. The molecule has 0 heterocycles. The van der Waals surface area contributed by atoms with Gasteiger partial charge in [-0.3, -0.25) is 0 Å². The van der Waals surface area contributed by atoms with Crippen molar-refractivity contribution >= 4 is 21.6 Å². The van der Waals surface area contributed by atoms with E-state index < -0.39 is 13.5 Å². The van der Waals surface area contributed by atoms with E-state index in [1.54, 1.807) is 0 Å². The first kappa shape index (κ1) is 14.9. The predicted molar refractivity (Wildman–Crippen MR) is 72.9 cm³/mol. The van der Waals surface area contributed by atoms with Crippen molar-refractivity contribution in [3.05, 3.63) is 0 Å².